The summed E-state index contributed by atoms with van der Waals surface area (Å²) in [6, 6.07) is 13.3. The molecule has 0 saturated carbocycles. The molecular formula is C16H15Cl2F. The van der Waals surface area contributed by atoms with Crippen LogP contribution in [-0.4, -0.2) is 5.88 Å². The predicted molar refractivity (Wildman–Crippen MR) is 79.8 cm³/mol. The van der Waals surface area contributed by atoms with Crippen molar-refractivity contribution in [2.45, 2.75) is 19.3 Å². The van der Waals surface area contributed by atoms with E-state index in [0.29, 0.717) is 17.9 Å². The minimum Gasteiger partial charge on any atom is -0.205 e. The molecule has 0 nitrogen and oxygen atoms in total. The lowest BCUT2D eigenvalue weighted by molar-refractivity contribution is 0.599. The molecule has 0 amide bonds. The number of benzene rings is 2. The third kappa shape index (κ3) is 3.49. The van der Waals surface area contributed by atoms with E-state index in [0.717, 1.165) is 5.56 Å². The van der Waals surface area contributed by atoms with Crippen molar-refractivity contribution in [2.24, 2.45) is 0 Å². The second-order valence-corrected chi connectivity index (χ2v) is 5.39. The zero-order chi connectivity index (χ0) is 13.8. The van der Waals surface area contributed by atoms with Gasteiger partial charge in [-0.15, -0.1) is 11.6 Å². The van der Waals surface area contributed by atoms with Crippen LogP contribution in [0.4, 0.5) is 4.39 Å². The van der Waals surface area contributed by atoms with E-state index in [2.05, 4.69) is 0 Å². The van der Waals surface area contributed by atoms with Crippen LogP contribution in [0, 0.1) is 12.7 Å². The minimum absolute atomic E-state index is 0.0928. The molecule has 2 aromatic carbocycles. The van der Waals surface area contributed by atoms with E-state index in [1.165, 1.54) is 5.56 Å². The van der Waals surface area contributed by atoms with Gasteiger partial charge in [0.25, 0.3) is 0 Å². The summed E-state index contributed by atoms with van der Waals surface area (Å²) < 4.78 is 13.9. The fraction of sp³-hybridized carbons (Fsp3) is 0.250. The number of halogens is 3. The molecule has 0 radical (unpaired) electrons. The largest absolute Gasteiger partial charge is 0.205 e. The van der Waals surface area contributed by atoms with Gasteiger partial charge >= 0.3 is 0 Å². The van der Waals surface area contributed by atoms with Crippen LogP contribution in [0.1, 0.15) is 22.6 Å². The van der Waals surface area contributed by atoms with Gasteiger partial charge in [-0.25, -0.2) is 4.39 Å². The van der Waals surface area contributed by atoms with E-state index in [4.69, 9.17) is 23.2 Å². The Morgan fingerprint density at radius 1 is 1.11 bits per heavy atom. The standard InChI is InChI=1S/C16H15Cl2F/c1-11-5-7-12(8-6-11)14(10-17)9-13-3-2-4-15(18)16(13)19/h2-8,14H,9-10H2,1H3. The maximum absolute atomic E-state index is 13.9. The van der Waals surface area contributed by atoms with Gasteiger partial charge in [0.15, 0.2) is 0 Å². The first-order valence-electron chi connectivity index (χ1n) is 6.17. The van der Waals surface area contributed by atoms with Gasteiger partial charge in [0.05, 0.1) is 5.02 Å². The van der Waals surface area contributed by atoms with Crippen molar-refractivity contribution in [1.82, 2.24) is 0 Å². The lowest BCUT2D eigenvalue weighted by Gasteiger charge is -2.15. The molecule has 0 N–H and O–H groups in total. The second kappa shape index (κ2) is 6.40. The number of rotatable bonds is 4. The van der Waals surface area contributed by atoms with Crippen LogP contribution in [0.5, 0.6) is 0 Å². The Morgan fingerprint density at radius 3 is 2.42 bits per heavy atom. The summed E-state index contributed by atoms with van der Waals surface area (Å²) in [5, 5.41) is 0.162. The van der Waals surface area contributed by atoms with E-state index in [-0.39, 0.29) is 16.8 Å². The zero-order valence-corrected chi connectivity index (χ0v) is 12.2. The number of aryl methyl sites for hydroxylation is 1. The van der Waals surface area contributed by atoms with Crippen LogP contribution in [0.3, 0.4) is 0 Å². The molecule has 0 aromatic heterocycles. The minimum atomic E-state index is -0.341. The molecule has 19 heavy (non-hydrogen) atoms. The molecule has 0 heterocycles. The predicted octanol–water partition coefficient (Wildman–Crippen LogP) is 5.35. The molecule has 0 aliphatic rings. The van der Waals surface area contributed by atoms with Gasteiger partial charge in [-0.05, 0) is 30.5 Å². The van der Waals surface area contributed by atoms with E-state index < -0.39 is 0 Å². The third-order valence-electron chi connectivity index (χ3n) is 3.23. The highest BCUT2D eigenvalue weighted by Crippen LogP contribution is 2.26. The number of hydrogen-bond acceptors (Lipinski definition) is 0. The lowest BCUT2D eigenvalue weighted by Crippen LogP contribution is -2.06. The zero-order valence-electron chi connectivity index (χ0n) is 10.7. The van der Waals surface area contributed by atoms with E-state index >= 15 is 0 Å². The summed E-state index contributed by atoms with van der Waals surface area (Å²) in [7, 11) is 0. The van der Waals surface area contributed by atoms with Crippen molar-refractivity contribution in [2.75, 3.05) is 5.88 Å². The molecule has 0 bridgehead atoms. The van der Waals surface area contributed by atoms with Crippen molar-refractivity contribution in [3.8, 4) is 0 Å². The second-order valence-electron chi connectivity index (χ2n) is 4.68. The molecule has 0 saturated heterocycles. The summed E-state index contributed by atoms with van der Waals surface area (Å²) in [6.45, 7) is 2.04. The normalized spacial score (nSPS) is 12.4. The first-order valence-corrected chi connectivity index (χ1v) is 7.08. The van der Waals surface area contributed by atoms with E-state index in [1.54, 1.807) is 18.2 Å². The molecule has 1 atom stereocenters. The maximum atomic E-state index is 13.9. The van der Waals surface area contributed by atoms with Crippen LogP contribution in [0.15, 0.2) is 42.5 Å². The van der Waals surface area contributed by atoms with Gasteiger partial charge in [-0.3, -0.25) is 0 Å². The first-order chi connectivity index (χ1) is 9.11. The SMILES string of the molecule is Cc1ccc(C(CCl)Cc2cccc(Cl)c2F)cc1. The molecule has 2 rings (SSSR count). The summed E-state index contributed by atoms with van der Waals surface area (Å²) in [6.07, 6.45) is 0.555. The smallest absolute Gasteiger partial charge is 0.144 e. The fourth-order valence-corrected chi connectivity index (χ4v) is 2.55. The molecule has 0 fully saturated rings. The Hall–Kier alpha value is -1.05. The molecule has 2 aromatic rings. The van der Waals surface area contributed by atoms with Crippen molar-refractivity contribution in [1.29, 1.82) is 0 Å². The summed E-state index contributed by atoms with van der Waals surface area (Å²) >= 11 is 11.8. The van der Waals surface area contributed by atoms with Crippen LogP contribution < -0.4 is 0 Å². The Bertz CT molecular complexity index is 549. The van der Waals surface area contributed by atoms with Crippen molar-refractivity contribution in [3.05, 3.63) is 70.0 Å². The van der Waals surface area contributed by atoms with Gasteiger partial charge in [-0.1, -0.05) is 53.6 Å². The van der Waals surface area contributed by atoms with E-state index in [1.807, 2.05) is 31.2 Å². The molecule has 3 heteroatoms. The van der Waals surface area contributed by atoms with Crippen molar-refractivity contribution < 1.29 is 4.39 Å². The first kappa shape index (κ1) is 14.4. The molecule has 1 unspecified atom stereocenters. The molecular weight excluding hydrogens is 282 g/mol. The topological polar surface area (TPSA) is 0 Å². The van der Waals surface area contributed by atoms with Crippen LogP contribution >= 0.6 is 23.2 Å². The number of hydrogen-bond donors (Lipinski definition) is 0. The highest BCUT2D eigenvalue weighted by molar-refractivity contribution is 6.30. The van der Waals surface area contributed by atoms with Crippen molar-refractivity contribution in [3.63, 3.8) is 0 Å². The van der Waals surface area contributed by atoms with Gasteiger partial charge in [-0.2, -0.15) is 0 Å². The van der Waals surface area contributed by atoms with Crippen molar-refractivity contribution >= 4 is 23.2 Å². The van der Waals surface area contributed by atoms with Crippen LogP contribution in [0.2, 0.25) is 5.02 Å². The van der Waals surface area contributed by atoms with Gasteiger partial charge in [0, 0.05) is 11.8 Å². The van der Waals surface area contributed by atoms with Gasteiger partial charge in [0.2, 0.25) is 0 Å². The summed E-state index contributed by atoms with van der Waals surface area (Å²) in [5.41, 5.74) is 2.93. The third-order valence-corrected chi connectivity index (χ3v) is 3.90. The summed E-state index contributed by atoms with van der Waals surface area (Å²) in [4.78, 5) is 0. The fourth-order valence-electron chi connectivity index (χ4n) is 2.07. The Labute approximate surface area is 123 Å². The molecule has 100 valence electrons. The average Bonchev–Trinajstić information content (AvgIpc) is 2.42. The van der Waals surface area contributed by atoms with E-state index in [9.17, 15) is 4.39 Å². The highest BCUT2D eigenvalue weighted by Gasteiger charge is 2.15. The van der Waals surface area contributed by atoms with Crippen LogP contribution in [-0.2, 0) is 6.42 Å². The molecule has 0 spiro atoms. The van der Waals surface area contributed by atoms with Gasteiger partial charge in [0.1, 0.15) is 5.82 Å². The van der Waals surface area contributed by atoms with Gasteiger partial charge < -0.3 is 0 Å². The number of alkyl halides is 1. The Morgan fingerprint density at radius 2 is 1.79 bits per heavy atom. The average molecular weight is 297 g/mol. The Balaban J connectivity index is 2.24. The van der Waals surface area contributed by atoms with Crippen LogP contribution in [0.25, 0.3) is 0 Å². The monoisotopic (exact) mass is 296 g/mol. The molecule has 0 aliphatic heterocycles. The lowest BCUT2D eigenvalue weighted by atomic mass is 9.93. The Kier molecular flexibility index (Phi) is 4.84. The molecule has 0 aliphatic carbocycles. The summed E-state index contributed by atoms with van der Waals surface area (Å²) in [5.74, 6) is 0.205. The quantitative estimate of drug-likeness (QED) is 0.667. The maximum Gasteiger partial charge on any atom is 0.144 e. The highest BCUT2D eigenvalue weighted by atomic mass is 35.5.